The molecule has 1 aromatic carbocycles. The summed E-state index contributed by atoms with van der Waals surface area (Å²) in [7, 11) is -2.18. The summed E-state index contributed by atoms with van der Waals surface area (Å²) in [6, 6.07) is 2.86. The standard InChI is InChI=1S/C14H18BrFN2O2S/c1-3-6-18(12-4-5-12)21(19,20)13-8-11(15)7-10(9-17-2)14(13)16/h3,7-8,12,17H,1,4-6,9H2,2H3. The molecular weight excluding hydrogens is 359 g/mol. The van der Waals surface area contributed by atoms with Crippen LogP contribution in [0.4, 0.5) is 4.39 Å². The van der Waals surface area contributed by atoms with Gasteiger partial charge in [-0.05, 0) is 32.0 Å². The van der Waals surface area contributed by atoms with E-state index in [9.17, 15) is 12.8 Å². The minimum absolute atomic E-state index is 0.0425. The van der Waals surface area contributed by atoms with Gasteiger partial charge in [-0.15, -0.1) is 6.58 Å². The predicted molar refractivity (Wildman–Crippen MR) is 84.0 cm³/mol. The lowest BCUT2D eigenvalue weighted by atomic mass is 10.2. The SMILES string of the molecule is C=CCN(C1CC1)S(=O)(=O)c1cc(Br)cc(CNC)c1F. The van der Waals surface area contributed by atoms with Crippen molar-refractivity contribution in [2.24, 2.45) is 0 Å². The maximum atomic E-state index is 14.5. The van der Waals surface area contributed by atoms with Crippen LogP contribution in [-0.4, -0.2) is 32.4 Å². The molecule has 0 saturated heterocycles. The van der Waals surface area contributed by atoms with Gasteiger partial charge < -0.3 is 5.32 Å². The summed E-state index contributed by atoms with van der Waals surface area (Å²) in [6.45, 7) is 4.04. The van der Waals surface area contributed by atoms with Crippen LogP contribution in [0.25, 0.3) is 0 Å². The van der Waals surface area contributed by atoms with Crippen LogP contribution in [0.15, 0.2) is 34.2 Å². The van der Waals surface area contributed by atoms with Gasteiger partial charge in [-0.3, -0.25) is 0 Å². The molecule has 0 spiro atoms. The highest BCUT2D eigenvalue weighted by Crippen LogP contribution is 2.34. The van der Waals surface area contributed by atoms with Gasteiger partial charge in [0.25, 0.3) is 0 Å². The van der Waals surface area contributed by atoms with E-state index in [-0.39, 0.29) is 24.0 Å². The summed E-state index contributed by atoms with van der Waals surface area (Å²) in [5.74, 6) is -0.692. The third-order valence-electron chi connectivity index (χ3n) is 3.30. The van der Waals surface area contributed by atoms with E-state index in [2.05, 4.69) is 27.8 Å². The Bertz CT molecular complexity index is 645. The summed E-state index contributed by atoms with van der Waals surface area (Å²) < 4.78 is 41.9. The molecule has 2 rings (SSSR count). The van der Waals surface area contributed by atoms with Gasteiger partial charge in [-0.1, -0.05) is 22.0 Å². The Kier molecular flexibility index (Phi) is 5.19. The molecule has 1 saturated carbocycles. The van der Waals surface area contributed by atoms with E-state index in [4.69, 9.17) is 0 Å². The van der Waals surface area contributed by atoms with E-state index in [1.807, 2.05) is 0 Å². The molecule has 0 aliphatic heterocycles. The van der Waals surface area contributed by atoms with Crippen molar-refractivity contribution >= 4 is 26.0 Å². The summed E-state index contributed by atoms with van der Waals surface area (Å²) in [5, 5.41) is 2.83. The van der Waals surface area contributed by atoms with Crippen molar-refractivity contribution in [2.45, 2.75) is 30.3 Å². The Hall–Kier alpha value is -0.760. The number of hydrogen-bond acceptors (Lipinski definition) is 3. The Morgan fingerprint density at radius 2 is 2.19 bits per heavy atom. The zero-order valence-corrected chi connectivity index (χ0v) is 14.2. The van der Waals surface area contributed by atoms with E-state index in [0.717, 1.165) is 12.8 Å². The van der Waals surface area contributed by atoms with Crippen molar-refractivity contribution in [1.29, 1.82) is 0 Å². The lowest BCUT2D eigenvalue weighted by Gasteiger charge is -2.21. The maximum Gasteiger partial charge on any atom is 0.246 e. The normalized spacial score (nSPS) is 15.4. The molecular formula is C14H18BrFN2O2S. The van der Waals surface area contributed by atoms with Crippen molar-refractivity contribution in [2.75, 3.05) is 13.6 Å². The third-order valence-corrected chi connectivity index (χ3v) is 5.67. The number of sulfonamides is 1. The lowest BCUT2D eigenvalue weighted by molar-refractivity contribution is 0.430. The van der Waals surface area contributed by atoms with Crippen LogP contribution in [0.5, 0.6) is 0 Å². The van der Waals surface area contributed by atoms with E-state index in [1.54, 1.807) is 13.1 Å². The quantitative estimate of drug-likeness (QED) is 0.744. The fourth-order valence-corrected chi connectivity index (χ4v) is 4.63. The molecule has 0 unspecified atom stereocenters. The van der Waals surface area contributed by atoms with Crippen molar-refractivity contribution in [3.8, 4) is 0 Å². The van der Waals surface area contributed by atoms with E-state index in [0.29, 0.717) is 10.0 Å². The van der Waals surface area contributed by atoms with Gasteiger partial charge in [-0.2, -0.15) is 4.31 Å². The smallest absolute Gasteiger partial charge is 0.246 e. The Morgan fingerprint density at radius 3 is 2.71 bits per heavy atom. The van der Waals surface area contributed by atoms with Crippen LogP contribution < -0.4 is 5.32 Å². The molecule has 0 bridgehead atoms. The molecule has 1 aromatic rings. The van der Waals surface area contributed by atoms with Crippen molar-refractivity contribution < 1.29 is 12.8 Å². The summed E-state index contributed by atoms with van der Waals surface area (Å²) in [5.41, 5.74) is 0.319. The highest BCUT2D eigenvalue weighted by molar-refractivity contribution is 9.10. The minimum Gasteiger partial charge on any atom is -0.316 e. The van der Waals surface area contributed by atoms with Crippen LogP contribution in [0, 0.1) is 5.82 Å². The van der Waals surface area contributed by atoms with Crippen LogP contribution in [0.2, 0.25) is 0 Å². The third kappa shape index (κ3) is 3.53. The highest BCUT2D eigenvalue weighted by atomic mass is 79.9. The highest BCUT2D eigenvalue weighted by Gasteiger charge is 2.38. The number of rotatable bonds is 7. The molecule has 0 atom stereocenters. The lowest BCUT2D eigenvalue weighted by Crippen LogP contribution is -2.34. The average molecular weight is 377 g/mol. The molecule has 4 nitrogen and oxygen atoms in total. The molecule has 116 valence electrons. The average Bonchev–Trinajstić information content (AvgIpc) is 3.24. The van der Waals surface area contributed by atoms with Crippen LogP contribution in [0.3, 0.4) is 0 Å². The van der Waals surface area contributed by atoms with Crippen molar-refractivity contribution in [1.82, 2.24) is 9.62 Å². The first-order valence-electron chi connectivity index (χ1n) is 6.67. The molecule has 1 N–H and O–H groups in total. The van der Waals surface area contributed by atoms with Crippen LogP contribution in [-0.2, 0) is 16.6 Å². The number of halogens is 2. The molecule has 21 heavy (non-hydrogen) atoms. The first-order chi connectivity index (χ1) is 9.91. The fourth-order valence-electron chi connectivity index (χ4n) is 2.18. The predicted octanol–water partition coefficient (Wildman–Crippen LogP) is 2.65. The zero-order chi connectivity index (χ0) is 15.6. The number of hydrogen-bond donors (Lipinski definition) is 1. The summed E-state index contributed by atoms with van der Waals surface area (Å²) in [4.78, 5) is -0.282. The van der Waals surface area contributed by atoms with Crippen LogP contribution >= 0.6 is 15.9 Å². The Balaban J connectivity index is 2.50. The fraction of sp³-hybridized carbons (Fsp3) is 0.429. The van der Waals surface area contributed by atoms with Crippen molar-refractivity contribution in [3.63, 3.8) is 0 Å². The first-order valence-corrected chi connectivity index (χ1v) is 8.90. The Morgan fingerprint density at radius 1 is 1.52 bits per heavy atom. The first kappa shape index (κ1) is 16.6. The number of benzene rings is 1. The van der Waals surface area contributed by atoms with Crippen molar-refractivity contribution in [3.05, 3.63) is 40.6 Å². The molecule has 7 heteroatoms. The molecule has 0 amide bonds. The largest absolute Gasteiger partial charge is 0.316 e. The molecule has 1 aliphatic carbocycles. The van der Waals surface area contributed by atoms with Gasteiger partial charge in [0.2, 0.25) is 10.0 Å². The minimum atomic E-state index is -3.86. The number of nitrogens with zero attached hydrogens (tertiary/aromatic N) is 1. The number of nitrogens with one attached hydrogen (secondary N) is 1. The second kappa shape index (κ2) is 6.56. The molecule has 0 aromatic heterocycles. The molecule has 1 fully saturated rings. The van der Waals surface area contributed by atoms with Gasteiger partial charge in [0, 0.05) is 29.2 Å². The molecule has 0 radical (unpaired) electrons. The van der Waals surface area contributed by atoms with E-state index >= 15 is 0 Å². The van der Waals surface area contributed by atoms with Crippen LogP contribution in [0.1, 0.15) is 18.4 Å². The summed E-state index contributed by atoms with van der Waals surface area (Å²) in [6.07, 6.45) is 3.15. The zero-order valence-electron chi connectivity index (χ0n) is 11.8. The second-order valence-corrected chi connectivity index (χ2v) is 7.78. The second-order valence-electron chi connectivity index (χ2n) is 5.00. The van der Waals surface area contributed by atoms with Gasteiger partial charge in [-0.25, -0.2) is 12.8 Å². The van der Waals surface area contributed by atoms with Gasteiger partial charge >= 0.3 is 0 Å². The monoisotopic (exact) mass is 376 g/mol. The van der Waals surface area contributed by atoms with Gasteiger partial charge in [0.05, 0.1) is 0 Å². The topological polar surface area (TPSA) is 49.4 Å². The van der Waals surface area contributed by atoms with Gasteiger partial charge in [0.1, 0.15) is 10.7 Å². The Labute approximate surface area is 133 Å². The molecule has 0 heterocycles. The molecule has 1 aliphatic rings. The summed E-state index contributed by atoms with van der Waals surface area (Å²) >= 11 is 3.25. The van der Waals surface area contributed by atoms with E-state index < -0.39 is 15.8 Å². The maximum absolute atomic E-state index is 14.5. The van der Waals surface area contributed by atoms with E-state index in [1.165, 1.54) is 16.4 Å². The van der Waals surface area contributed by atoms with Gasteiger partial charge in [0.15, 0.2) is 0 Å².